The molecule has 0 aliphatic rings. The Kier molecular flexibility index (Phi) is 5.07. The molecule has 2 rings (SSSR count). The summed E-state index contributed by atoms with van der Waals surface area (Å²) < 4.78 is 0. The van der Waals surface area contributed by atoms with Gasteiger partial charge in [-0.05, 0) is 24.0 Å². The summed E-state index contributed by atoms with van der Waals surface area (Å²) in [6, 6.07) is 10.5. The van der Waals surface area contributed by atoms with Gasteiger partial charge in [0, 0.05) is 24.8 Å². The molecule has 106 valence electrons. The van der Waals surface area contributed by atoms with Crippen molar-refractivity contribution in [1.29, 1.82) is 0 Å². The molecule has 0 unspecified atom stereocenters. The van der Waals surface area contributed by atoms with Gasteiger partial charge in [0.25, 0.3) is 0 Å². The smallest absolute Gasteiger partial charge is 0.223 e. The lowest BCUT2D eigenvalue weighted by molar-refractivity contribution is 0.647. The fraction of sp³-hybridized carbons (Fsp3) is 0.375. The zero-order chi connectivity index (χ0) is 14.4. The molecule has 0 saturated heterocycles. The Labute approximate surface area is 120 Å². The predicted octanol–water partition coefficient (Wildman–Crippen LogP) is 2.71. The van der Waals surface area contributed by atoms with Crippen molar-refractivity contribution in [3.05, 3.63) is 42.1 Å². The van der Waals surface area contributed by atoms with E-state index in [4.69, 9.17) is 5.73 Å². The standard InChI is InChI=1S/C16H22N4/c1-12(2)11-13-3-5-14(6-4-13)15-7-9-18-16(20-15)19-10-8-17/h3-7,9,12H,8,10-11,17H2,1-2H3,(H,18,19,20). The van der Waals surface area contributed by atoms with Gasteiger partial charge in [-0.1, -0.05) is 38.1 Å². The average Bonchev–Trinajstić information content (AvgIpc) is 2.45. The van der Waals surface area contributed by atoms with Crippen LogP contribution in [0.5, 0.6) is 0 Å². The molecule has 0 fully saturated rings. The first-order chi connectivity index (χ1) is 9.69. The summed E-state index contributed by atoms with van der Waals surface area (Å²) in [4.78, 5) is 8.67. The van der Waals surface area contributed by atoms with Crippen molar-refractivity contribution in [3.63, 3.8) is 0 Å². The Morgan fingerprint density at radius 1 is 1.15 bits per heavy atom. The van der Waals surface area contributed by atoms with Gasteiger partial charge in [0.2, 0.25) is 5.95 Å². The molecule has 4 heteroatoms. The van der Waals surface area contributed by atoms with Gasteiger partial charge in [0.05, 0.1) is 5.69 Å². The van der Waals surface area contributed by atoms with Gasteiger partial charge in [-0.2, -0.15) is 0 Å². The summed E-state index contributed by atoms with van der Waals surface area (Å²) in [5.41, 5.74) is 8.86. The molecule has 0 radical (unpaired) electrons. The van der Waals surface area contributed by atoms with E-state index in [0.29, 0.717) is 25.0 Å². The highest BCUT2D eigenvalue weighted by Crippen LogP contribution is 2.19. The number of hydrogen-bond donors (Lipinski definition) is 2. The molecule has 0 spiro atoms. The monoisotopic (exact) mass is 270 g/mol. The molecule has 0 aliphatic heterocycles. The van der Waals surface area contributed by atoms with E-state index in [9.17, 15) is 0 Å². The fourth-order valence-electron chi connectivity index (χ4n) is 2.07. The van der Waals surface area contributed by atoms with Crippen molar-refractivity contribution in [2.24, 2.45) is 11.7 Å². The Morgan fingerprint density at radius 3 is 2.55 bits per heavy atom. The molecule has 4 nitrogen and oxygen atoms in total. The van der Waals surface area contributed by atoms with Crippen molar-refractivity contribution < 1.29 is 0 Å². The van der Waals surface area contributed by atoms with E-state index in [2.05, 4.69) is 53.4 Å². The topological polar surface area (TPSA) is 63.8 Å². The first kappa shape index (κ1) is 14.5. The van der Waals surface area contributed by atoms with Gasteiger partial charge in [0.1, 0.15) is 0 Å². The van der Waals surface area contributed by atoms with E-state index >= 15 is 0 Å². The van der Waals surface area contributed by atoms with E-state index in [1.165, 1.54) is 5.56 Å². The van der Waals surface area contributed by atoms with Gasteiger partial charge in [-0.15, -0.1) is 0 Å². The number of nitrogens with one attached hydrogen (secondary N) is 1. The van der Waals surface area contributed by atoms with Gasteiger partial charge in [0.15, 0.2) is 0 Å². The van der Waals surface area contributed by atoms with Gasteiger partial charge >= 0.3 is 0 Å². The first-order valence-electron chi connectivity index (χ1n) is 7.05. The largest absolute Gasteiger partial charge is 0.353 e. The van der Waals surface area contributed by atoms with Gasteiger partial charge in [-0.25, -0.2) is 9.97 Å². The molecule has 20 heavy (non-hydrogen) atoms. The quantitative estimate of drug-likeness (QED) is 0.847. The fourth-order valence-corrected chi connectivity index (χ4v) is 2.07. The highest BCUT2D eigenvalue weighted by molar-refractivity contribution is 5.60. The maximum absolute atomic E-state index is 5.46. The number of benzene rings is 1. The molecule has 0 saturated carbocycles. The van der Waals surface area contributed by atoms with E-state index in [1.807, 2.05) is 6.07 Å². The number of aromatic nitrogens is 2. The number of anilines is 1. The number of nitrogens with zero attached hydrogens (tertiary/aromatic N) is 2. The Balaban J connectivity index is 2.14. The van der Waals surface area contributed by atoms with Crippen LogP contribution in [0.3, 0.4) is 0 Å². The number of rotatable bonds is 6. The van der Waals surface area contributed by atoms with Crippen LogP contribution in [-0.4, -0.2) is 23.1 Å². The molecule has 0 amide bonds. The Morgan fingerprint density at radius 2 is 1.90 bits per heavy atom. The summed E-state index contributed by atoms with van der Waals surface area (Å²) in [5, 5.41) is 3.09. The summed E-state index contributed by atoms with van der Waals surface area (Å²) in [5.74, 6) is 1.30. The van der Waals surface area contributed by atoms with Gasteiger partial charge in [-0.3, -0.25) is 0 Å². The minimum atomic E-state index is 0.567. The molecular formula is C16H22N4. The van der Waals surface area contributed by atoms with E-state index < -0.39 is 0 Å². The van der Waals surface area contributed by atoms with Crippen molar-refractivity contribution in [3.8, 4) is 11.3 Å². The molecule has 1 aromatic carbocycles. The molecule has 0 atom stereocenters. The lowest BCUT2D eigenvalue weighted by atomic mass is 10.0. The minimum Gasteiger partial charge on any atom is -0.353 e. The molecule has 3 N–H and O–H groups in total. The first-order valence-corrected chi connectivity index (χ1v) is 7.05. The van der Waals surface area contributed by atoms with Crippen molar-refractivity contribution in [2.75, 3.05) is 18.4 Å². The van der Waals surface area contributed by atoms with Crippen LogP contribution in [0.25, 0.3) is 11.3 Å². The molecule has 0 aliphatic carbocycles. The van der Waals surface area contributed by atoms with Crippen LogP contribution in [0.4, 0.5) is 5.95 Å². The van der Waals surface area contributed by atoms with Crippen LogP contribution >= 0.6 is 0 Å². The zero-order valence-corrected chi connectivity index (χ0v) is 12.1. The van der Waals surface area contributed by atoms with Crippen LogP contribution in [-0.2, 0) is 6.42 Å². The average molecular weight is 270 g/mol. The summed E-state index contributed by atoms with van der Waals surface area (Å²) >= 11 is 0. The molecule has 2 aromatic rings. The van der Waals surface area contributed by atoms with Crippen molar-refractivity contribution >= 4 is 5.95 Å². The maximum Gasteiger partial charge on any atom is 0.223 e. The Hall–Kier alpha value is -1.94. The van der Waals surface area contributed by atoms with E-state index in [1.54, 1.807) is 6.20 Å². The second kappa shape index (κ2) is 7.01. The predicted molar refractivity (Wildman–Crippen MR) is 83.6 cm³/mol. The normalized spacial score (nSPS) is 10.8. The molecule has 1 heterocycles. The third kappa shape index (κ3) is 4.03. The van der Waals surface area contributed by atoms with E-state index in [-0.39, 0.29) is 0 Å². The molecule has 0 bridgehead atoms. The highest BCUT2D eigenvalue weighted by atomic mass is 15.1. The summed E-state index contributed by atoms with van der Waals surface area (Å²) in [6.07, 6.45) is 2.87. The van der Waals surface area contributed by atoms with Crippen LogP contribution in [0.15, 0.2) is 36.5 Å². The second-order valence-corrected chi connectivity index (χ2v) is 5.28. The van der Waals surface area contributed by atoms with Crippen LogP contribution in [0, 0.1) is 5.92 Å². The van der Waals surface area contributed by atoms with Crippen LogP contribution in [0.1, 0.15) is 19.4 Å². The van der Waals surface area contributed by atoms with Crippen LogP contribution in [0.2, 0.25) is 0 Å². The summed E-state index contributed by atoms with van der Waals surface area (Å²) in [6.45, 7) is 5.70. The SMILES string of the molecule is CC(C)Cc1ccc(-c2ccnc(NCCN)n2)cc1. The van der Waals surface area contributed by atoms with Crippen molar-refractivity contribution in [2.45, 2.75) is 20.3 Å². The van der Waals surface area contributed by atoms with Crippen LogP contribution < -0.4 is 11.1 Å². The summed E-state index contributed by atoms with van der Waals surface area (Å²) in [7, 11) is 0. The Bertz CT molecular complexity index is 534. The zero-order valence-electron chi connectivity index (χ0n) is 12.1. The maximum atomic E-state index is 5.46. The lowest BCUT2D eigenvalue weighted by Crippen LogP contribution is -2.14. The highest BCUT2D eigenvalue weighted by Gasteiger charge is 2.03. The number of nitrogens with two attached hydrogens (primary N) is 1. The molecule has 1 aromatic heterocycles. The number of hydrogen-bond acceptors (Lipinski definition) is 4. The van der Waals surface area contributed by atoms with E-state index in [0.717, 1.165) is 17.7 Å². The second-order valence-electron chi connectivity index (χ2n) is 5.28. The minimum absolute atomic E-state index is 0.567. The third-order valence-electron chi connectivity index (χ3n) is 2.98. The molecular weight excluding hydrogens is 248 g/mol. The van der Waals surface area contributed by atoms with Crippen molar-refractivity contribution in [1.82, 2.24) is 9.97 Å². The lowest BCUT2D eigenvalue weighted by Gasteiger charge is -2.08. The van der Waals surface area contributed by atoms with Gasteiger partial charge < -0.3 is 11.1 Å². The third-order valence-corrected chi connectivity index (χ3v) is 2.98.